The van der Waals surface area contributed by atoms with Crippen LogP contribution in [-0.4, -0.2) is 27.8 Å². The average molecular weight is 429 g/mol. The van der Waals surface area contributed by atoms with Gasteiger partial charge in [-0.1, -0.05) is 34.1 Å². The molecule has 0 aliphatic heterocycles. The molecule has 6 heteroatoms. The molecule has 2 aliphatic rings. The normalized spacial score (nSPS) is 26.2. The minimum absolute atomic E-state index is 0.152. The molecule has 0 spiro atoms. The summed E-state index contributed by atoms with van der Waals surface area (Å²) in [6.45, 7) is 0.289. The first-order valence-electron chi connectivity index (χ1n) is 9.34. The molecule has 2 aliphatic carbocycles. The van der Waals surface area contributed by atoms with E-state index in [0.717, 1.165) is 36.6 Å². The topological polar surface area (TPSA) is 72.1 Å². The second-order valence-electron chi connectivity index (χ2n) is 7.63. The van der Waals surface area contributed by atoms with Crippen molar-refractivity contribution in [3.05, 3.63) is 36.0 Å². The highest BCUT2D eigenvalue weighted by Crippen LogP contribution is 2.57. The quantitative estimate of drug-likeness (QED) is 0.391. The van der Waals surface area contributed by atoms with Crippen molar-refractivity contribution < 1.29 is 14.3 Å². The van der Waals surface area contributed by atoms with Crippen LogP contribution in [0.1, 0.15) is 42.5 Å². The van der Waals surface area contributed by atoms with Gasteiger partial charge in [0, 0.05) is 34.0 Å². The summed E-state index contributed by atoms with van der Waals surface area (Å²) in [6, 6.07) is 9.74. The Morgan fingerprint density at radius 3 is 2.89 bits per heavy atom. The number of nitrogens with zero attached hydrogens (tertiary/aromatic N) is 2. The first-order chi connectivity index (χ1) is 13.0. The highest BCUT2D eigenvalue weighted by atomic mass is 79.9. The minimum atomic E-state index is -0.453. The third-order valence-corrected chi connectivity index (χ3v) is 7.34. The zero-order valence-corrected chi connectivity index (χ0v) is 16.6. The maximum Gasteiger partial charge on any atom is 0.313 e. The van der Waals surface area contributed by atoms with Crippen LogP contribution < -0.4 is 0 Å². The van der Waals surface area contributed by atoms with Gasteiger partial charge in [-0.2, -0.15) is 5.26 Å². The number of aryl methyl sites for hydroxylation is 1. The van der Waals surface area contributed by atoms with Gasteiger partial charge in [0.25, 0.3) is 0 Å². The van der Waals surface area contributed by atoms with Gasteiger partial charge in [0.15, 0.2) is 6.61 Å². The van der Waals surface area contributed by atoms with Crippen molar-refractivity contribution in [2.75, 3.05) is 6.61 Å². The Balaban J connectivity index is 1.50. The van der Waals surface area contributed by atoms with Crippen molar-refractivity contribution in [3.8, 4) is 6.07 Å². The zero-order chi connectivity index (χ0) is 19.0. The van der Waals surface area contributed by atoms with Crippen molar-refractivity contribution in [3.63, 3.8) is 0 Å². The van der Waals surface area contributed by atoms with E-state index in [2.05, 4.69) is 22.0 Å². The highest BCUT2D eigenvalue weighted by Gasteiger charge is 2.56. The van der Waals surface area contributed by atoms with Gasteiger partial charge in [-0.15, -0.1) is 0 Å². The van der Waals surface area contributed by atoms with Gasteiger partial charge in [-0.05, 0) is 37.7 Å². The molecule has 140 valence electrons. The molecule has 1 aromatic carbocycles. The van der Waals surface area contributed by atoms with Crippen LogP contribution in [0.15, 0.2) is 30.5 Å². The Morgan fingerprint density at radius 1 is 1.37 bits per heavy atom. The molecule has 0 radical (unpaired) electrons. The summed E-state index contributed by atoms with van der Waals surface area (Å²) < 4.78 is 7.41. The monoisotopic (exact) mass is 428 g/mol. The molecule has 2 fully saturated rings. The molecule has 2 bridgehead atoms. The van der Waals surface area contributed by atoms with Gasteiger partial charge < -0.3 is 9.30 Å². The van der Waals surface area contributed by atoms with Crippen LogP contribution in [0.4, 0.5) is 0 Å². The molecule has 0 N–H and O–H groups in total. The number of ketones is 1. The first kappa shape index (κ1) is 18.2. The summed E-state index contributed by atoms with van der Waals surface area (Å²) in [5, 5.41) is 9.67. The number of alkyl halides is 1. The van der Waals surface area contributed by atoms with Crippen LogP contribution in [0.3, 0.4) is 0 Å². The number of esters is 1. The highest BCUT2D eigenvalue weighted by molar-refractivity contribution is 9.09. The fourth-order valence-electron chi connectivity index (χ4n) is 4.68. The van der Waals surface area contributed by atoms with Crippen LogP contribution in [0.2, 0.25) is 0 Å². The van der Waals surface area contributed by atoms with E-state index in [0.29, 0.717) is 24.4 Å². The number of Topliss-reactive ketones (excluding diaryl/α,β-unsaturated/α-hetero) is 1. The van der Waals surface area contributed by atoms with E-state index in [1.165, 1.54) is 0 Å². The fraction of sp³-hybridized carbons (Fsp3) is 0.476. The number of halogens is 1. The maximum absolute atomic E-state index is 12.8. The Kier molecular flexibility index (Phi) is 4.81. The molecule has 1 heterocycles. The predicted molar refractivity (Wildman–Crippen MR) is 105 cm³/mol. The number of hydrogen-bond acceptors (Lipinski definition) is 4. The van der Waals surface area contributed by atoms with Crippen LogP contribution in [0.5, 0.6) is 0 Å². The molecule has 0 amide bonds. The molecule has 3 unspecified atom stereocenters. The van der Waals surface area contributed by atoms with Crippen molar-refractivity contribution >= 4 is 38.6 Å². The fourth-order valence-corrected chi connectivity index (χ4v) is 5.81. The number of aromatic nitrogens is 1. The number of nitriles is 1. The average Bonchev–Trinajstić information content (AvgIpc) is 3.35. The lowest BCUT2D eigenvalue weighted by Crippen LogP contribution is -2.37. The SMILES string of the molecule is N#CCCn1cc(C(=O)COC(=O)C23CCC(CC2Br)C3)c2ccccc21. The van der Waals surface area contributed by atoms with Crippen molar-refractivity contribution in [2.24, 2.45) is 11.3 Å². The molecule has 2 saturated carbocycles. The summed E-state index contributed by atoms with van der Waals surface area (Å²) in [5.41, 5.74) is 1.00. The summed E-state index contributed by atoms with van der Waals surface area (Å²) in [4.78, 5) is 25.7. The first-order valence-corrected chi connectivity index (χ1v) is 10.3. The van der Waals surface area contributed by atoms with E-state index in [1.807, 2.05) is 28.8 Å². The molecular formula is C21H21BrN2O3. The Labute approximate surface area is 166 Å². The molecule has 5 nitrogen and oxygen atoms in total. The van der Waals surface area contributed by atoms with Crippen LogP contribution in [-0.2, 0) is 16.1 Å². The van der Waals surface area contributed by atoms with Gasteiger partial charge in [0.2, 0.25) is 5.78 Å². The minimum Gasteiger partial charge on any atom is -0.457 e. The van der Waals surface area contributed by atoms with Gasteiger partial charge in [-0.3, -0.25) is 9.59 Å². The molecule has 3 atom stereocenters. The lowest BCUT2D eigenvalue weighted by molar-refractivity contribution is -0.153. The smallest absolute Gasteiger partial charge is 0.313 e. The summed E-state index contributed by atoms with van der Waals surface area (Å²) in [7, 11) is 0. The second-order valence-corrected chi connectivity index (χ2v) is 8.73. The van der Waals surface area contributed by atoms with E-state index in [-0.39, 0.29) is 23.2 Å². The third-order valence-electron chi connectivity index (χ3n) is 6.09. The van der Waals surface area contributed by atoms with Crippen molar-refractivity contribution in [1.29, 1.82) is 5.26 Å². The summed E-state index contributed by atoms with van der Waals surface area (Å²) in [6.07, 6.45) is 5.92. The van der Waals surface area contributed by atoms with Gasteiger partial charge in [-0.25, -0.2) is 0 Å². The zero-order valence-electron chi connectivity index (χ0n) is 15.0. The molecule has 27 heavy (non-hydrogen) atoms. The lowest BCUT2D eigenvalue weighted by Gasteiger charge is -2.28. The summed E-state index contributed by atoms with van der Waals surface area (Å²) in [5.74, 6) is 0.145. The lowest BCUT2D eigenvalue weighted by atomic mass is 9.84. The number of benzene rings is 1. The van der Waals surface area contributed by atoms with Gasteiger partial charge >= 0.3 is 5.97 Å². The van der Waals surface area contributed by atoms with E-state index < -0.39 is 5.41 Å². The number of fused-ring (bicyclic) bond motifs is 3. The van der Waals surface area contributed by atoms with E-state index in [1.54, 1.807) is 6.20 Å². The Bertz CT molecular complexity index is 945. The van der Waals surface area contributed by atoms with E-state index in [9.17, 15) is 9.59 Å². The molecule has 4 rings (SSSR count). The Morgan fingerprint density at radius 2 is 2.19 bits per heavy atom. The van der Waals surface area contributed by atoms with Crippen LogP contribution in [0.25, 0.3) is 10.9 Å². The molecule has 1 aromatic heterocycles. The number of rotatable bonds is 6. The predicted octanol–water partition coefficient (Wildman–Crippen LogP) is 4.23. The van der Waals surface area contributed by atoms with Gasteiger partial charge in [0.05, 0.1) is 17.9 Å². The van der Waals surface area contributed by atoms with Crippen LogP contribution >= 0.6 is 15.9 Å². The van der Waals surface area contributed by atoms with Gasteiger partial charge in [0.1, 0.15) is 0 Å². The maximum atomic E-state index is 12.8. The molecule has 2 aromatic rings. The summed E-state index contributed by atoms with van der Waals surface area (Å²) >= 11 is 3.65. The number of para-hydroxylation sites is 1. The largest absolute Gasteiger partial charge is 0.457 e. The van der Waals surface area contributed by atoms with E-state index in [4.69, 9.17) is 10.00 Å². The number of ether oxygens (including phenoxy) is 1. The van der Waals surface area contributed by atoms with E-state index >= 15 is 0 Å². The van der Waals surface area contributed by atoms with Crippen molar-refractivity contribution in [1.82, 2.24) is 4.57 Å². The third kappa shape index (κ3) is 3.08. The van der Waals surface area contributed by atoms with Crippen LogP contribution in [0, 0.1) is 22.7 Å². The number of hydrogen-bond donors (Lipinski definition) is 0. The number of carbonyl (C=O) groups is 2. The molecule has 0 saturated heterocycles. The number of carbonyl (C=O) groups excluding carboxylic acids is 2. The standard InChI is InChI=1S/C21H21BrN2O3/c22-19-10-14-6-7-21(19,11-14)20(26)27-13-18(25)16-12-24(9-3-8-23)17-5-2-1-4-15(16)17/h1-2,4-5,12,14,19H,3,6-7,9-11,13H2. The Hall–Kier alpha value is -2.13. The molecular weight excluding hydrogens is 408 g/mol. The van der Waals surface area contributed by atoms with Crippen molar-refractivity contribution in [2.45, 2.75) is 43.5 Å². The second kappa shape index (κ2) is 7.12.